The molecular weight excluding hydrogens is 219 g/mol. The van der Waals surface area contributed by atoms with E-state index >= 15 is 0 Å². The Kier molecular flexibility index (Phi) is 2.88. The highest BCUT2D eigenvalue weighted by Crippen LogP contribution is 2.54. The van der Waals surface area contributed by atoms with Gasteiger partial charge in [-0.05, 0) is 31.1 Å². The minimum Gasteiger partial charge on any atom is -0.345 e. The van der Waals surface area contributed by atoms with Crippen LogP contribution in [0.15, 0.2) is 0 Å². The molecule has 2 aliphatic rings. The molecule has 2 fully saturated rings. The zero-order valence-corrected chi connectivity index (χ0v) is 9.26. The maximum Gasteiger partial charge on any atom is 0.390 e. The molecule has 0 heterocycles. The van der Waals surface area contributed by atoms with Crippen molar-refractivity contribution in [3.05, 3.63) is 0 Å². The molecule has 0 aromatic heterocycles. The van der Waals surface area contributed by atoms with Crippen molar-refractivity contribution < 1.29 is 18.0 Å². The van der Waals surface area contributed by atoms with E-state index in [9.17, 15) is 18.0 Å². The number of hydrogen-bond acceptors (Lipinski definition) is 1. The van der Waals surface area contributed by atoms with E-state index < -0.39 is 12.6 Å². The van der Waals surface area contributed by atoms with Crippen molar-refractivity contribution in [2.75, 3.05) is 13.6 Å². The molecule has 0 radical (unpaired) electrons. The standard InChI is InChI=1S/C11H16F3NO/c1-15(3-2-11(12,13)14)10(16)9-5-7-4-8(7)6-9/h7-9H,2-6H2,1H3. The van der Waals surface area contributed by atoms with E-state index in [-0.39, 0.29) is 18.4 Å². The van der Waals surface area contributed by atoms with Gasteiger partial charge in [0.05, 0.1) is 6.42 Å². The van der Waals surface area contributed by atoms with Crippen molar-refractivity contribution in [3.8, 4) is 0 Å². The van der Waals surface area contributed by atoms with Crippen molar-refractivity contribution in [2.24, 2.45) is 17.8 Å². The zero-order chi connectivity index (χ0) is 11.9. The van der Waals surface area contributed by atoms with Gasteiger partial charge in [-0.15, -0.1) is 0 Å². The predicted molar refractivity (Wildman–Crippen MR) is 52.6 cm³/mol. The molecule has 2 saturated carbocycles. The zero-order valence-electron chi connectivity index (χ0n) is 9.26. The molecule has 0 saturated heterocycles. The number of alkyl halides is 3. The Morgan fingerprint density at radius 1 is 1.25 bits per heavy atom. The number of carbonyl (C=O) groups is 1. The third-order valence-electron chi connectivity index (χ3n) is 3.70. The summed E-state index contributed by atoms with van der Waals surface area (Å²) in [5.74, 6) is 1.26. The summed E-state index contributed by atoms with van der Waals surface area (Å²) in [6.45, 7) is -0.214. The van der Waals surface area contributed by atoms with Crippen molar-refractivity contribution in [1.29, 1.82) is 0 Å². The molecule has 0 spiro atoms. The number of hydrogen-bond donors (Lipinski definition) is 0. The second-order valence-corrected chi connectivity index (χ2v) is 5.05. The molecule has 5 heteroatoms. The molecule has 16 heavy (non-hydrogen) atoms. The Bertz CT molecular complexity index is 279. The normalized spacial score (nSPS) is 32.4. The van der Waals surface area contributed by atoms with Gasteiger partial charge in [-0.3, -0.25) is 4.79 Å². The van der Waals surface area contributed by atoms with Gasteiger partial charge in [0.15, 0.2) is 0 Å². The number of rotatable bonds is 3. The minimum absolute atomic E-state index is 0.0121. The van der Waals surface area contributed by atoms with Crippen LogP contribution in [0.3, 0.4) is 0 Å². The quantitative estimate of drug-likeness (QED) is 0.735. The highest BCUT2D eigenvalue weighted by atomic mass is 19.4. The Hall–Kier alpha value is -0.740. The highest BCUT2D eigenvalue weighted by Gasteiger charge is 2.48. The summed E-state index contributed by atoms with van der Waals surface area (Å²) in [4.78, 5) is 13.0. The molecule has 0 aliphatic heterocycles. The van der Waals surface area contributed by atoms with Gasteiger partial charge in [0.25, 0.3) is 0 Å². The van der Waals surface area contributed by atoms with Crippen LogP contribution in [0.25, 0.3) is 0 Å². The SMILES string of the molecule is CN(CCC(F)(F)F)C(=O)C1CC2CC2C1. The third kappa shape index (κ3) is 2.68. The summed E-state index contributed by atoms with van der Waals surface area (Å²) in [5.41, 5.74) is 0. The molecule has 0 bridgehead atoms. The van der Waals surface area contributed by atoms with Gasteiger partial charge in [0.1, 0.15) is 0 Å². The van der Waals surface area contributed by atoms with Gasteiger partial charge in [0, 0.05) is 19.5 Å². The first-order valence-electron chi connectivity index (χ1n) is 5.68. The lowest BCUT2D eigenvalue weighted by Crippen LogP contribution is -2.34. The average molecular weight is 235 g/mol. The summed E-state index contributed by atoms with van der Waals surface area (Å²) in [7, 11) is 1.47. The minimum atomic E-state index is -4.17. The summed E-state index contributed by atoms with van der Waals surface area (Å²) in [6, 6.07) is 0. The number of nitrogens with zero attached hydrogens (tertiary/aromatic N) is 1. The second kappa shape index (κ2) is 3.93. The summed E-state index contributed by atoms with van der Waals surface area (Å²) >= 11 is 0. The summed E-state index contributed by atoms with van der Waals surface area (Å²) in [6.07, 6.45) is -2.09. The lowest BCUT2D eigenvalue weighted by molar-refractivity contribution is -0.146. The first-order valence-corrected chi connectivity index (χ1v) is 5.68. The summed E-state index contributed by atoms with van der Waals surface area (Å²) in [5, 5.41) is 0. The Morgan fingerprint density at radius 3 is 2.31 bits per heavy atom. The summed E-state index contributed by atoms with van der Waals surface area (Å²) < 4.78 is 36.0. The van der Waals surface area contributed by atoms with Crippen LogP contribution in [-0.2, 0) is 4.79 Å². The molecule has 1 amide bonds. The van der Waals surface area contributed by atoms with Gasteiger partial charge in [-0.1, -0.05) is 0 Å². The van der Waals surface area contributed by atoms with Crippen LogP contribution in [0.4, 0.5) is 13.2 Å². The predicted octanol–water partition coefficient (Wildman–Crippen LogP) is 2.44. The van der Waals surface area contributed by atoms with Gasteiger partial charge >= 0.3 is 6.18 Å². The molecule has 92 valence electrons. The number of amides is 1. The Balaban J connectivity index is 1.76. The van der Waals surface area contributed by atoms with Gasteiger partial charge in [-0.25, -0.2) is 0 Å². The van der Waals surface area contributed by atoms with Gasteiger partial charge < -0.3 is 4.90 Å². The van der Waals surface area contributed by atoms with E-state index in [0.29, 0.717) is 11.8 Å². The van der Waals surface area contributed by atoms with Crippen molar-refractivity contribution >= 4 is 5.91 Å². The largest absolute Gasteiger partial charge is 0.390 e. The maximum absolute atomic E-state index is 12.0. The molecule has 2 nitrogen and oxygen atoms in total. The fraction of sp³-hybridized carbons (Fsp3) is 0.909. The fourth-order valence-electron chi connectivity index (χ4n) is 2.63. The fourth-order valence-corrected chi connectivity index (χ4v) is 2.63. The molecule has 2 atom stereocenters. The van der Waals surface area contributed by atoms with Gasteiger partial charge in [0.2, 0.25) is 5.91 Å². The van der Waals surface area contributed by atoms with Crippen molar-refractivity contribution in [1.82, 2.24) is 4.90 Å². The van der Waals surface area contributed by atoms with Crippen LogP contribution in [-0.4, -0.2) is 30.6 Å². The van der Waals surface area contributed by atoms with E-state index in [0.717, 1.165) is 12.8 Å². The number of fused-ring (bicyclic) bond motifs is 1. The number of carbonyl (C=O) groups excluding carboxylic acids is 1. The second-order valence-electron chi connectivity index (χ2n) is 5.05. The van der Waals surface area contributed by atoms with E-state index in [2.05, 4.69) is 0 Å². The van der Waals surface area contributed by atoms with E-state index in [1.54, 1.807) is 0 Å². The molecular formula is C11H16F3NO. The smallest absolute Gasteiger partial charge is 0.345 e. The molecule has 2 unspecified atom stereocenters. The number of halogens is 3. The van der Waals surface area contributed by atoms with E-state index in [4.69, 9.17) is 0 Å². The monoisotopic (exact) mass is 235 g/mol. The first-order chi connectivity index (χ1) is 7.37. The molecule has 0 N–H and O–H groups in total. The van der Waals surface area contributed by atoms with Crippen LogP contribution in [0.5, 0.6) is 0 Å². The molecule has 2 rings (SSSR count). The molecule has 2 aliphatic carbocycles. The first kappa shape index (κ1) is 11.7. The Morgan fingerprint density at radius 2 is 1.81 bits per heavy atom. The van der Waals surface area contributed by atoms with Crippen LogP contribution in [0, 0.1) is 17.8 Å². The van der Waals surface area contributed by atoms with Crippen LogP contribution < -0.4 is 0 Å². The Labute approximate surface area is 92.8 Å². The van der Waals surface area contributed by atoms with E-state index in [1.165, 1.54) is 18.4 Å². The average Bonchev–Trinajstić information content (AvgIpc) is 2.80. The molecule has 0 aromatic rings. The van der Waals surface area contributed by atoms with E-state index in [1.807, 2.05) is 0 Å². The molecule has 0 aromatic carbocycles. The van der Waals surface area contributed by atoms with Crippen molar-refractivity contribution in [2.45, 2.75) is 31.9 Å². The highest BCUT2D eigenvalue weighted by molar-refractivity contribution is 5.79. The van der Waals surface area contributed by atoms with Gasteiger partial charge in [-0.2, -0.15) is 13.2 Å². The van der Waals surface area contributed by atoms with Crippen LogP contribution >= 0.6 is 0 Å². The lowest BCUT2D eigenvalue weighted by Gasteiger charge is -2.22. The van der Waals surface area contributed by atoms with Crippen LogP contribution in [0.1, 0.15) is 25.7 Å². The van der Waals surface area contributed by atoms with Crippen LogP contribution in [0.2, 0.25) is 0 Å². The van der Waals surface area contributed by atoms with Crippen molar-refractivity contribution in [3.63, 3.8) is 0 Å². The third-order valence-corrected chi connectivity index (χ3v) is 3.70. The lowest BCUT2D eigenvalue weighted by atomic mass is 10.0. The topological polar surface area (TPSA) is 20.3 Å². The maximum atomic E-state index is 12.0.